The first-order valence-corrected chi connectivity index (χ1v) is 7.36. The Kier molecular flexibility index (Phi) is 11.3. The molecular weight excluding hydrogens is 375 g/mol. The highest BCUT2D eigenvalue weighted by atomic mass is 127. The van der Waals surface area contributed by atoms with Crippen molar-refractivity contribution in [3.05, 3.63) is 35.9 Å². The number of hydrogen-bond donors (Lipinski definition) is 2. The van der Waals surface area contributed by atoms with Gasteiger partial charge in [-0.3, -0.25) is 9.89 Å². The number of hydrogen-bond acceptors (Lipinski definition) is 2. The largest absolute Gasteiger partial charge is 0.356 e. The van der Waals surface area contributed by atoms with Gasteiger partial charge in [-0.25, -0.2) is 0 Å². The lowest BCUT2D eigenvalue weighted by atomic mass is 10.2. The van der Waals surface area contributed by atoms with Crippen molar-refractivity contribution >= 4 is 29.9 Å². The Morgan fingerprint density at radius 3 is 2.48 bits per heavy atom. The van der Waals surface area contributed by atoms with E-state index in [1.807, 2.05) is 7.05 Å². The molecule has 0 saturated carbocycles. The maximum Gasteiger partial charge on any atom is 0.191 e. The van der Waals surface area contributed by atoms with Crippen molar-refractivity contribution in [2.75, 3.05) is 27.2 Å². The third kappa shape index (κ3) is 8.26. The number of aliphatic imine (C=N–C) groups is 1. The average Bonchev–Trinajstić information content (AvgIpc) is 2.48. The SMILES string of the molecule is CCCNC(=NC)NCC(C)N(C)Cc1ccccc1.I. The fourth-order valence-electron chi connectivity index (χ4n) is 1.89. The van der Waals surface area contributed by atoms with Gasteiger partial charge in [-0.05, 0) is 26.0 Å². The van der Waals surface area contributed by atoms with Crippen LogP contribution in [0.1, 0.15) is 25.8 Å². The second-order valence-corrected chi connectivity index (χ2v) is 5.13. The summed E-state index contributed by atoms with van der Waals surface area (Å²) in [6.07, 6.45) is 1.10. The van der Waals surface area contributed by atoms with Crippen molar-refractivity contribution in [3.8, 4) is 0 Å². The van der Waals surface area contributed by atoms with Crippen LogP contribution in [0.25, 0.3) is 0 Å². The van der Waals surface area contributed by atoms with E-state index in [1.54, 1.807) is 0 Å². The fourth-order valence-corrected chi connectivity index (χ4v) is 1.89. The lowest BCUT2D eigenvalue weighted by Crippen LogP contribution is -2.44. The molecule has 0 amide bonds. The van der Waals surface area contributed by atoms with Gasteiger partial charge in [0, 0.05) is 32.7 Å². The fraction of sp³-hybridized carbons (Fsp3) is 0.562. The Morgan fingerprint density at radius 2 is 1.90 bits per heavy atom. The van der Waals surface area contributed by atoms with E-state index in [9.17, 15) is 0 Å². The number of nitrogens with zero attached hydrogens (tertiary/aromatic N) is 2. The molecule has 0 aliphatic carbocycles. The van der Waals surface area contributed by atoms with E-state index in [0.717, 1.165) is 32.0 Å². The monoisotopic (exact) mass is 404 g/mol. The van der Waals surface area contributed by atoms with Gasteiger partial charge < -0.3 is 10.6 Å². The average molecular weight is 404 g/mol. The Morgan fingerprint density at radius 1 is 1.24 bits per heavy atom. The van der Waals surface area contributed by atoms with Crippen LogP contribution in [0.4, 0.5) is 0 Å². The van der Waals surface area contributed by atoms with E-state index < -0.39 is 0 Å². The van der Waals surface area contributed by atoms with Crippen LogP contribution in [-0.4, -0.2) is 44.1 Å². The third-order valence-corrected chi connectivity index (χ3v) is 3.36. The summed E-state index contributed by atoms with van der Waals surface area (Å²) < 4.78 is 0. The van der Waals surface area contributed by atoms with Gasteiger partial charge in [0.2, 0.25) is 0 Å². The summed E-state index contributed by atoms with van der Waals surface area (Å²) >= 11 is 0. The highest BCUT2D eigenvalue weighted by molar-refractivity contribution is 14.0. The molecule has 0 radical (unpaired) electrons. The van der Waals surface area contributed by atoms with E-state index in [-0.39, 0.29) is 24.0 Å². The molecule has 0 aliphatic rings. The lowest BCUT2D eigenvalue weighted by molar-refractivity contribution is 0.249. The topological polar surface area (TPSA) is 39.7 Å². The van der Waals surface area contributed by atoms with Crippen LogP contribution >= 0.6 is 24.0 Å². The van der Waals surface area contributed by atoms with Gasteiger partial charge in [-0.15, -0.1) is 24.0 Å². The Bertz CT molecular complexity index is 395. The molecule has 0 aliphatic heterocycles. The Balaban J connectivity index is 0.00000400. The van der Waals surface area contributed by atoms with Crippen LogP contribution in [0.2, 0.25) is 0 Å². The molecule has 0 fully saturated rings. The maximum absolute atomic E-state index is 4.22. The number of rotatable bonds is 7. The smallest absolute Gasteiger partial charge is 0.191 e. The van der Waals surface area contributed by atoms with Gasteiger partial charge in [0.25, 0.3) is 0 Å². The molecular formula is C16H29IN4. The summed E-state index contributed by atoms with van der Waals surface area (Å²) in [5.41, 5.74) is 1.34. The highest BCUT2D eigenvalue weighted by Crippen LogP contribution is 2.05. The molecule has 0 bridgehead atoms. The molecule has 21 heavy (non-hydrogen) atoms. The van der Waals surface area contributed by atoms with Crippen molar-refractivity contribution in [2.24, 2.45) is 4.99 Å². The molecule has 4 nitrogen and oxygen atoms in total. The minimum Gasteiger partial charge on any atom is -0.356 e. The summed E-state index contributed by atoms with van der Waals surface area (Å²) in [5.74, 6) is 0.881. The summed E-state index contributed by atoms with van der Waals surface area (Å²) in [4.78, 5) is 6.56. The Labute approximate surface area is 146 Å². The summed E-state index contributed by atoms with van der Waals surface area (Å²) in [6.45, 7) is 7.17. The molecule has 5 heteroatoms. The summed E-state index contributed by atoms with van der Waals surface area (Å²) in [6, 6.07) is 11.0. The van der Waals surface area contributed by atoms with Gasteiger partial charge >= 0.3 is 0 Å². The highest BCUT2D eigenvalue weighted by Gasteiger charge is 2.10. The first-order valence-electron chi connectivity index (χ1n) is 7.36. The first kappa shape index (κ1) is 20.2. The molecule has 2 N–H and O–H groups in total. The minimum absolute atomic E-state index is 0. The van der Waals surface area contributed by atoms with E-state index in [1.165, 1.54) is 5.56 Å². The van der Waals surface area contributed by atoms with Crippen molar-refractivity contribution in [2.45, 2.75) is 32.9 Å². The van der Waals surface area contributed by atoms with E-state index in [4.69, 9.17) is 0 Å². The zero-order valence-electron chi connectivity index (χ0n) is 13.6. The van der Waals surface area contributed by atoms with Crippen LogP contribution in [0.15, 0.2) is 35.3 Å². The molecule has 1 rings (SSSR count). The normalized spacial score (nSPS) is 12.7. The second kappa shape index (κ2) is 11.8. The van der Waals surface area contributed by atoms with Gasteiger partial charge in [-0.2, -0.15) is 0 Å². The molecule has 1 atom stereocenters. The number of guanidine groups is 1. The van der Waals surface area contributed by atoms with Crippen molar-refractivity contribution in [3.63, 3.8) is 0 Å². The molecule has 1 aromatic rings. The second-order valence-electron chi connectivity index (χ2n) is 5.13. The van der Waals surface area contributed by atoms with Gasteiger partial charge in [0.15, 0.2) is 5.96 Å². The van der Waals surface area contributed by atoms with Crippen molar-refractivity contribution in [1.82, 2.24) is 15.5 Å². The first-order chi connectivity index (χ1) is 9.67. The number of benzene rings is 1. The summed E-state index contributed by atoms with van der Waals surface area (Å²) in [7, 11) is 3.96. The lowest BCUT2D eigenvalue weighted by Gasteiger charge is -2.25. The predicted octanol–water partition coefficient (Wildman–Crippen LogP) is 2.70. The zero-order valence-corrected chi connectivity index (χ0v) is 15.9. The van der Waals surface area contributed by atoms with Crippen LogP contribution in [-0.2, 0) is 6.54 Å². The van der Waals surface area contributed by atoms with Crippen LogP contribution < -0.4 is 10.6 Å². The summed E-state index contributed by atoms with van der Waals surface area (Å²) in [5, 5.41) is 6.65. The number of nitrogens with one attached hydrogen (secondary N) is 2. The van der Waals surface area contributed by atoms with Gasteiger partial charge in [0.1, 0.15) is 0 Å². The molecule has 1 aromatic carbocycles. The molecule has 0 aromatic heterocycles. The molecule has 0 spiro atoms. The Hall–Kier alpha value is -0.820. The van der Waals surface area contributed by atoms with Crippen molar-refractivity contribution < 1.29 is 0 Å². The van der Waals surface area contributed by atoms with Crippen LogP contribution in [0, 0.1) is 0 Å². The molecule has 0 saturated heterocycles. The van der Waals surface area contributed by atoms with Crippen LogP contribution in [0.5, 0.6) is 0 Å². The van der Waals surface area contributed by atoms with Crippen molar-refractivity contribution in [1.29, 1.82) is 0 Å². The standard InChI is InChI=1S/C16H28N4.HI/c1-5-11-18-16(17-3)19-12-14(2)20(4)13-15-9-7-6-8-10-15;/h6-10,14H,5,11-13H2,1-4H3,(H2,17,18,19);1H. The molecule has 120 valence electrons. The maximum atomic E-state index is 4.22. The molecule has 1 unspecified atom stereocenters. The van der Waals surface area contributed by atoms with Crippen LogP contribution in [0.3, 0.4) is 0 Å². The zero-order chi connectivity index (χ0) is 14.8. The quantitative estimate of drug-likeness (QED) is 0.417. The van der Waals surface area contributed by atoms with Gasteiger partial charge in [-0.1, -0.05) is 37.3 Å². The van der Waals surface area contributed by atoms with E-state index in [0.29, 0.717) is 6.04 Å². The molecule has 0 heterocycles. The van der Waals surface area contributed by atoms with E-state index >= 15 is 0 Å². The number of likely N-dealkylation sites (N-methyl/N-ethyl adjacent to an activating group) is 1. The van der Waals surface area contributed by atoms with E-state index in [2.05, 4.69) is 71.8 Å². The van der Waals surface area contributed by atoms with Gasteiger partial charge in [0.05, 0.1) is 0 Å². The third-order valence-electron chi connectivity index (χ3n) is 3.36. The predicted molar refractivity (Wildman–Crippen MR) is 102 cm³/mol. The number of halogens is 1. The minimum atomic E-state index is 0.